The van der Waals surface area contributed by atoms with Gasteiger partial charge in [0.05, 0.1) is 5.69 Å². The largest absolute Gasteiger partial charge is 0.243 e. The van der Waals surface area contributed by atoms with Crippen molar-refractivity contribution in [3.05, 3.63) is 30.3 Å². The molecule has 0 aliphatic heterocycles. The summed E-state index contributed by atoms with van der Waals surface area (Å²) in [4.78, 5) is 0. The average Bonchev–Trinajstić information content (AvgIpc) is 2.07. The fraction of sp³-hybridized carbons (Fsp3) is 0.143. The molecule has 1 aromatic carbocycles. The molecule has 0 fully saturated rings. The summed E-state index contributed by atoms with van der Waals surface area (Å²) in [6.45, 7) is 0. The Morgan fingerprint density at radius 1 is 1.27 bits per heavy atom. The lowest BCUT2D eigenvalue weighted by molar-refractivity contribution is 1.22. The average molecular weight is 186 g/mol. The summed E-state index contributed by atoms with van der Waals surface area (Å²) in [5.41, 5.74) is 1.02. The van der Waals surface area contributed by atoms with Crippen LogP contribution in [0.1, 0.15) is 0 Å². The van der Waals surface area contributed by atoms with Crippen molar-refractivity contribution in [3.63, 3.8) is 0 Å². The lowest BCUT2D eigenvalue weighted by Gasteiger charge is -2.14. The van der Waals surface area contributed by atoms with E-state index in [4.69, 9.17) is 5.84 Å². The molecule has 0 unspecified atom stereocenters. The Morgan fingerprint density at radius 3 is 2.45 bits per heavy atom. The van der Waals surface area contributed by atoms with Gasteiger partial charge in [-0.2, -0.15) is 0 Å². The smallest absolute Gasteiger partial charge is 0.0654 e. The molecule has 0 bridgehead atoms. The molecule has 1 rings (SSSR count). The van der Waals surface area contributed by atoms with E-state index in [9.17, 15) is 0 Å². The number of para-hydroxylation sites is 1. The number of rotatable bonds is 3. The maximum Gasteiger partial charge on any atom is 0.0654 e. The first-order chi connectivity index (χ1) is 5.34. The van der Waals surface area contributed by atoms with Crippen molar-refractivity contribution in [2.75, 3.05) is 10.7 Å². The van der Waals surface area contributed by atoms with Crippen molar-refractivity contribution in [1.29, 1.82) is 0 Å². The van der Waals surface area contributed by atoms with Gasteiger partial charge in [0.1, 0.15) is 0 Å². The number of hydrogen-bond acceptors (Lipinski definition) is 4. The summed E-state index contributed by atoms with van der Waals surface area (Å²) in [7, 11) is 3.13. The molecule has 60 valence electrons. The van der Waals surface area contributed by atoms with Crippen molar-refractivity contribution >= 4 is 27.5 Å². The van der Waals surface area contributed by atoms with Gasteiger partial charge < -0.3 is 0 Å². The number of benzene rings is 1. The zero-order chi connectivity index (χ0) is 8.10. The van der Waals surface area contributed by atoms with Crippen molar-refractivity contribution in [2.24, 2.45) is 5.84 Å². The van der Waals surface area contributed by atoms with Crippen LogP contribution in [0.25, 0.3) is 0 Å². The van der Waals surface area contributed by atoms with E-state index in [1.54, 1.807) is 15.2 Å². The Morgan fingerprint density at radius 2 is 1.91 bits per heavy atom. The predicted molar refractivity (Wildman–Crippen MR) is 54.2 cm³/mol. The quantitative estimate of drug-likeness (QED) is 0.339. The number of hydrogen-bond donors (Lipinski definition) is 1. The lowest BCUT2D eigenvalue weighted by atomic mass is 10.3. The fourth-order valence-corrected chi connectivity index (χ4v) is 1.81. The fourth-order valence-electron chi connectivity index (χ4n) is 0.698. The molecule has 0 heterocycles. The van der Waals surface area contributed by atoms with Gasteiger partial charge in [0.2, 0.25) is 0 Å². The van der Waals surface area contributed by atoms with Gasteiger partial charge in [-0.15, -0.1) is 0 Å². The molecule has 11 heavy (non-hydrogen) atoms. The van der Waals surface area contributed by atoms with Crippen LogP contribution in [-0.2, 0) is 0 Å². The zero-order valence-electron chi connectivity index (χ0n) is 6.23. The Hall–Kier alpha value is -0.320. The van der Waals surface area contributed by atoms with Gasteiger partial charge in [-0.1, -0.05) is 29.0 Å². The molecule has 1 aromatic rings. The van der Waals surface area contributed by atoms with E-state index in [2.05, 4.69) is 0 Å². The van der Waals surface area contributed by atoms with Crippen molar-refractivity contribution in [2.45, 2.75) is 0 Å². The topological polar surface area (TPSA) is 29.3 Å². The SMILES string of the molecule is CSSN(N)c1ccccc1. The van der Waals surface area contributed by atoms with Gasteiger partial charge in [0.25, 0.3) is 0 Å². The summed E-state index contributed by atoms with van der Waals surface area (Å²) < 4.78 is 1.64. The number of hydrazine groups is 1. The van der Waals surface area contributed by atoms with E-state index < -0.39 is 0 Å². The second-order valence-corrected chi connectivity index (χ2v) is 4.23. The van der Waals surface area contributed by atoms with E-state index in [-0.39, 0.29) is 0 Å². The Bertz CT molecular complexity index is 203. The molecule has 0 saturated heterocycles. The summed E-state index contributed by atoms with van der Waals surface area (Å²) in [6.07, 6.45) is 1.99. The van der Waals surface area contributed by atoms with E-state index in [1.165, 1.54) is 11.0 Å². The molecule has 0 spiro atoms. The molecular weight excluding hydrogens is 176 g/mol. The summed E-state index contributed by atoms with van der Waals surface area (Å²) in [6, 6.07) is 9.86. The van der Waals surface area contributed by atoms with Gasteiger partial charge >= 0.3 is 0 Å². The number of nitrogens with two attached hydrogens (primary N) is 1. The second-order valence-electron chi connectivity index (χ2n) is 1.90. The Balaban J connectivity index is 2.61. The van der Waals surface area contributed by atoms with Crippen LogP contribution < -0.4 is 10.3 Å². The molecule has 0 saturated carbocycles. The first-order valence-corrected chi connectivity index (χ1v) is 5.66. The van der Waals surface area contributed by atoms with E-state index in [0.29, 0.717) is 0 Å². The van der Waals surface area contributed by atoms with Gasteiger partial charge in [-0.05, 0) is 18.4 Å². The molecule has 0 aromatic heterocycles. The highest BCUT2D eigenvalue weighted by molar-refractivity contribution is 8.76. The van der Waals surface area contributed by atoms with Crippen LogP contribution in [0.3, 0.4) is 0 Å². The minimum Gasteiger partial charge on any atom is -0.243 e. The first kappa shape index (κ1) is 8.77. The van der Waals surface area contributed by atoms with Gasteiger partial charge in [0.15, 0.2) is 0 Å². The third-order valence-corrected chi connectivity index (χ3v) is 2.62. The monoisotopic (exact) mass is 186 g/mol. The molecule has 4 heteroatoms. The Kier molecular flexibility index (Phi) is 3.62. The molecule has 0 atom stereocenters. The molecule has 2 nitrogen and oxygen atoms in total. The first-order valence-electron chi connectivity index (χ1n) is 3.15. The zero-order valence-corrected chi connectivity index (χ0v) is 7.86. The van der Waals surface area contributed by atoms with Gasteiger partial charge in [0, 0.05) is 11.0 Å². The van der Waals surface area contributed by atoms with Crippen LogP contribution in [0.15, 0.2) is 30.3 Å². The van der Waals surface area contributed by atoms with Gasteiger partial charge in [-0.3, -0.25) is 0 Å². The molecule has 0 aliphatic carbocycles. The second kappa shape index (κ2) is 4.54. The molecule has 0 aliphatic rings. The third-order valence-electron chi connectivity index (χ3n) is 1.17. The van der Waals surface area contributed by atoms with Crippen molar-refractivity contribution in [1.82, 2.24) is 0 Å². The number of nitrogens with zero attached hydrogens (tertiary/aromatic N) is 1. The molecular formula is C7H10N2S2. The minimum absolute atomic E-state index is 1.02. The van der Waals surface area contributed by atoms with Gasteiger partial charge in [-0.25, -0.2) is 10.3 Å². The normalized spacial score (nSPS) is 9.64. The summed E-state index contributed by atoms with van der Waals surface area (Å²) in [5, 5.41) is 0. The van der Waals surface area contributed by atoms with E-state index in [1.807, 2.05) is 36.6 Å². The maximum absolute atomic E-state index is 5.68. The summed E-state index contributed by atoms with van der Waals surface area (Å²) >= 11 is 0. The maximum atomic E-state index is 5.68. The number of anilines is 1. The van der Waals surface area contributed by atoms with Crippen LogP contribution in [0.5, 0.6) is 0 Å². The standard InChI is InChI=1S/C7H10N2S2/c1-10-11-9(8)7-5-3-2-4-6-7/h2-6H,8H2,1H3. The van der Waals surface area contributed by atoms with E-state index >= 15 is 0 Å². The van der Waals surface area contributed by atoms with Crippen LogP contribution in [0, 0.1) is 0 Å². The lowest BCUT2D eigenvalue weighted by Crippen LogP contribution is -2.20. The van der Waals surface area contributed by atoms with Crippen molar-refractivity contribution < 1.29 is 0 Å². The highest BCUT2D eigenvalue weighted by Gasteiger charge is 1.97. The van der Waals surface area contributed by atoms with Crippen LogP contribution in [0.4, 0.5) is 5.69 Å². The van der Waals surface area contributed by atoms with E-state index in [0.717, 1.165) is 5.69 Å². The molecule has 0 radical (unpaired) electrons. The summed E-state index contributed by atoms with van der Waals surface area (Å²) in [5.74, 6) is 5.68. The van der Waals surface area contributed by atoms with Crippen molar-refractivity contribution in [3.8, 4) is 0 Å². The molecule has 2 N–H and O–H groups in total. The Labute approximate surface area is 74.6 Å². The highest BCUT2D eigenvalue weighted by Crippen LogP contribution is 2.25. The van der Waals surface area contributed by atoms with Crippen LogP contribution in [0.2, 0.25) is 0 Å². The van der Waals surface area contributed by atoms with Crippen LogP contribution >= 0.6 is 21.8 Å². The predicted octanol–water partition coefficient (Wildman–Crippen LogP) is 2.29. The minimum atomic E-state index is 1.02. The third kappa shape index (κ3) is 2.65. The van der Waals surface area contributed by atoms with Crippen LogP contribution in [-0.4, -0.2) is 6.26 Å². The highest BCUT2D eigenvalue weighted by atomic mass is 33.1. The molecule has 0 amide bonds.